The zero-order valence-corrected chi connectivity index (χ0v) is 15.2. The van der Waals surface area contributed by atoms with Crippen LogP contribution in [-0.4, -0.2) is 48.2 Å². The van der Waals surface area contributed by atoms with Crippen LogP contribution in [0.1, 0.15) is 45.4 Å². The number of nitrogens with zero attached hydrogens (tertiary/aromatic N) is 3. The van der Waals surface area contributed by atoms with Crippen molar-refractivity contribution in [3.8, 4) is 0 Å². The van der Waals surface area contributed by atoms with Crippen LogP contribution >= 0.6 is 0 Å². The number of hydrogen-bond acceptors (Lipinski definition) is 5. The maximum absolute atomic E-state index is 12.5. The van der Waals surface area contributed by atoms with Crippen molar-refractivity contribution in [2.24, 2.45) is 11.8 Å². The van der Waals surface area contributed by atoms with Gasteiger partial charge in [0.1, 0.15) is 5.82 Å². The average Bonchev–Trinajstić information content (AvgIpc) is 2.67. The summed E-state index contributed by atoms with van der Waals surface area (Å²) >= 11 is 0. The van der Waals surface area contributed by atoms with Crippen LogP contribution in [0.4, 0.5) is 5.82 Å². The molecule has 2 heterocycles. The predicted molar refractivity (Wildman–Crippen MR) is 97.4 cm³/mol. The summed E-state index contributed by atoms with van der Waals surface area (Å²) in [7, 11) is 0. The van der Waals surface area contributed by atoms with E-state index in [4.69, 9.17) is 4.74 Å². The molecule has 25 heavy (non-hydrogen) atoms. The Morgan fingerprint density at radius 2 is 2.16 bits per heavy atom. The molecule has 1 aromatic rings. The minimum Gasteiger partial charge on any atom is -0.376 e. The van der Waals surface area contributed by atoms with Gasteiger partial charge in [-0.2, -0.15) is 0 Å². The highest BCUT2D eigenvalue weighted by atomic mass is 16.5. The lowest BCUT2D eigenvalue weighted by Gasteiger charge is -2.32. The molecule has 3 rings (SSSR count). The van der Waals surface area contributed by atoms with E-state index in [0.29, 0.717) is 31.7 Å². The molecule has 0 aromatic carbocycles. The number of rotatable bonds is 6. The van der Waals surface area contributed by atoms with Crippen molar-refractivity contribution >= 4 is 11.7 Å². The number of ether oxygens (including phenoxy) is 1. The second kappa shape index (κ2) is 9.13. The van der Waals surface area contributed by atoms with Crippen LogP contribution in [0.5, 0.6) is 0 Å². The van der Waals surface area contributed by atoms with Gasteiger partial charge >= 0.3 is 0 Å². The van der Waals surface area contributed by atoms with Crippen molar-refractivity contribution < 1.29 is 9.53 Å². The molecule has 1 amide bonds. The first-order chi connectivity index (χ1) is 12.2. The number of amides is 1. The predicted octanol–water partition coefficient (Wildman–Crippen LogP) is 2.40. The van der Waals surface area contributed by atoms with Gasteiger partial charge < -0.3 is 15.0 Å². The van der Waals surface area contributed by atoms with Crippen molar-refractivity contribution in [1.29, 1.82) is 0 Å². The molecular weight excluding hydrogens is 316 g/mol. The average molecular weight is 346 g/mol. The fraction of sp³-hybridized carbons (Fsp3) is 0.737. The fourth-order valence-electron chi connectivity index (χ4n) is 3.91. The van der Waals surface area contributed by atoms with Gasteiger partial charge in [-0.05, 0) is 31.6 Å². The zero-order valence-electron chi connectivity index (χ0n) is 15.2. The van der Waals surface area contributed by atoms with E-state index in [-0.39, 0.29) is 11.8 Å². The van der Waals surface area contributed by atoms with Gasteiger partial charge in [0.2, 0.25) is 5.91 Å². The van der Waals surface area contributed by atoms with E-state index in [1.54, 1.807) is 18.6 Å². The molecule has 1 aliphatic heterocycles. The molecule has 1 aromatic heterocycles. The van der Waals surface area contributed by atoms with Crippen LogP contribution in [0.25, 0.3) is 0 Å². The summed E-state index contributed by atoms with van der Waals surface area (Å²) in [5.41, 5.74) is 0. The number of piperidine rings is 1. The van der Waals surface area contributed by atoms with Gasteiger partial charge in [-0.3, -0.25) is 9.78 Å². The van der Waals surface area contributed by atoms with Crippen LogP contribution < -0.4 is 10.2 Å². The van der Waals surface area contributed by atoms with E-state index in [2.05, 4.69) is 27.1 Å². The number of aromatic nitrogens is 2. The monoisotopic (exact) mass is 346 g/mol. The third-order valence-corrected chi connectivity index (χ3v) is 5.43. The summed E-state index contributed by atoms with van der Waals surface area (Å²) in [4.78, 5) is 23.1. The Morgan fingerprint density at radius 1 is 1.28 bits per heavy atom. The molecule has 1 saturated heterocycles. The smallest absolute Gasteiger partial charge is 0.224 e. The normalized spacial score (nSPS) is 27.1. The number of anilines is 1. The summed E-state index contributed by atoms with van der Waals surface area (Å²) in [5, 5.41) is 3.05. The van der Waals surface area contributed by atoms with Gasteiger partial charge in [-0.25, -0.2) is 4.98 Å². The lowest BCUT2D eigenvalue weighted by molar-refractivity contribution is -0.125. The third-order valence-electron chi connectivity index (χ3n) is 5.43. The van der Waals surface area contributed by atoms with Gasteiger partial charge in [-0.15, -0.1) is 0 Å². The molecule has 2 fully saturated rings. The lowest BCUT2D eigenvalue weighted by Crippen LogP contribution is -2.44. The van der Waals surface area contributed by atoms with Crippen LogP contribution in [0.3, 0.4) is 0 Å². The number of nitrogens with one attached hydrogen (secondary N) is 1. The van der Waals surface area contributed by atoms with Gasteiger partial charge in [-0.1, -0.05) is 19.8 Å². The SMILES string of the molecule is C[C@@H]1CCCC[C@H]1OCCNC(=O)[C@@H]1CCCN(c2cnccn2)C1. The molecule has 0 radical (unpaired) electrons. The maximum Gasteiger partial charge on any atom is 0.224 e. The minimum absolute atomic E-state index is 0.0179. The summed E-state index contributed by atoms with van der Waals surface area (Å²) in [6, 6.07) is 0. The lowest BCUT2D eigenvalue weighted by atomic mass is 9.88. The Morgan fingerprint density at radius 3 is 2.96 bits per heavy atom. The van der Waals surface area contributed by atoms with Gasteiger partial charge in [0.25, 0.3) is 0 Å². The second-order valence-electron chi connectivity index (χ2n) is 7.31. The molecule has 1 aliphatic carbocycles. The summed E-state index contributed by atoms with van der Waals surface area (Å²) in [5.74, 6) is 1.65. The standard InChI is InChI=1S/C19H30N4O2/c1-15-5-2-3-7-17(15)25-12-10-22-19(24)16-6-4-11-23(14-16)18-13-20-8-9-21-18/h8-9,13,15-17H,2-7,10-12,14H2,1H3,(H,22,24)/t15-,16-,17-/m1/s1. The minimum atomic E-state index is 0.0179. The van der Waals surface area contributed by atoms with E-state index in [1.807, 2.05) is 0 Å². The highest BCUT2D eigenvalue weighted by Gasteiger charge is 2.26. The molecule has 3 atom stereocenters. The van der Waals surface area contributed by atoms with E-state index in [1.165, 1.54) is 19.3 Å². The number of carbonyl (C=O) groups excluding carboxylic acids is 1. The second-order valence-corrected chi connectivity index (χ2v) is 7.31. The van der Waals surface area contributed by atoms with Crippen molar-refractivity contribution in [3.05, 3.63) is 18.6 Å². The van der Waals surface area contributed by atoms with Crippen molar-refractivity contribution in [2.45, 2.75) is 51.6 Å². The van der Waals surface area contributed by atoms with Crippen LogP contribution in [0.2, 0.25) is 0 Å². The third kappa shape index (κ3) is 5.14. The largest absolute Gasteiger partial charge is 0.376 e. The Hall–Kier alpha value is -1.69. The van der Waals surface area contributed by atoms with Crippen LogP contribution in [0.15, 0.2) is 18.6 Å². The zero-order chi connectivity index (χ0) is 17.5. The first-order valence-electron chi connectivity index (χ1n) is 9.64. The number of carbonyl (C=O) groups is 1. The number of hydrogen-bond donors (Lipinski definition) is 1. The summed E-state index contributed by atoms with van der Waals surface area (Å²) < 4.78 is 5.98. The molecule has 6 heteroatoms. The van der Waals surface area contributed by atoms with E-state index >= 15 is 0 Å². The Balaban J connectivity index is 1.39. The quantitative estimate of drug-likeness (QED) is 0.801. The molecule has 0 unspecified atom stereocenters. The Bertz CT molecular complexity index is 539. The molecule has 138 valence electrons. The summed E-state index contributed by atoms with van der Waals surface area (Å²) in [6.07, 6.45) is 12.4. The topological polar surface area (TPSA) is 67.3 Å². The molecule has 1 saturated carbocycles. The molecule has 6 nitrogen and oxygen atoms in total. The van der Waals surface area contributed by atoms with Crippen LogP contribution in [0, 0.1) is 11.8 Å². The highest BCUT2D eigenvalue weighted by Crippen LogP contribution is 2.26. The molecule has 1 N–H and O–H groups in total. The molecule has 0 spiro atoms. The van der Waals surface area contributed by atoms with E-state index < -0.39 is 0 Å². The van der Waals surface area contributed by atoms with E-state index in [0.717, 1.165) is 31.6 Å². The van der Waals surface area contributed by atoms with Gasteiger partial charge in [0.15, 0.2) is 0 Å². The van der Waals surface area contributed by atoms with Crippen molar-refractivity contribution in [3.63, 3.8) is 0 Å². The Kier molecular flexibility index (Phi) is 6.62. The van der Waals surface area contributed by atoms with Crippen LogP contribution in [-0.2, 0) is 9.53 Å². The Labute approximate surface area is 150 Å². The molecule has 2 aliphatic rings. The first-order valence-corrected chi connectivity index (χ1v) is 9.64. The fourth-order valence-corrected chi connectivity index (χ4v) is 3.91. The van der Waals surface area contributed by atoms with Gasteiger partial charge in [0, 0.05) is 32.0 Å². The molecule has 0 bridgehead atoms. The van der Waals surface area contributed by atoms with E-state index in [9.17, 15) is 4.79 Å². The van der Waals surface area contributed by atoms with Crippen molar-refractivity contribution in [2.75, 3.05) is 31.1 Å². The maximum atomic E-state index is 12.5. The first kappa shape index (κ1) is 18.1. The van der Waals surface area contributed by atoms with Crippen molar-refractivity contribution in [1.82, 2.24) is 15.3 Å². The molecular formula is C19H30N4O2. The van der Waals surface area contributed by atoms with Gasteiger partial charge in [0.05, 0.1) is 24.8 Å². The highest BCUT2D eigenvalue weighted by molar-refractivity contribution is 5.79. The summed E-state index contributed by atoms with van der Waals surface area (Å²) in [6.45, 7) is 5.13.